The summed E-state index contributed by atoms with van der Waals surface area (Å²) in [5.74, 6) is 2.60. The summed E-state index contributed by atoms with van der Waals surface area (Å²) < 4.78 is 0. The Balaban J connectivity index is 2.17. The summed E-state index contributed by atoms with van der Waals surface area (Å²) in [5, 5.41) is 3.04. The van der Waals surface area contributed by atoms with E-state index >= 15 is 0 Å². The smallest absolute Gasteiger partial charge is 0.249 e. The largest absolute Gasteiger partial charge is 0.340 e. The first kappa shape index (κ1) is 16.7. The maximum Gasteiger partial charge on any atom is 0.249 e. The summed E-state index contributed by atoms with van der Waals surface area (Å²) in [6.45, 7) is 8.63. The Labute approximate surface area is 132 Å². The molecule has 0 bridgehead atoms. The lowest BCUT2D eigenvalue weighted by atomic mass is 9.83. The van der Waals surface area contributed by atoms with E-state index in [2.05, 4.69) is 12.2 Å². The molecule has 2 atom stereocenters. The van der Waals surface area contributed by atoms with E-state index in [1.807, 2.05) is 37.4 Å². The number of thioether (sulfide) groups is 1. The molecule has 0 aromatic rings. The van der Waals surface area contributed by atoms with E-state index in [0.717, 1.165) is 30.8 Å². The van der Waals surface area contributed by atoms with E-state index in [0.29, 0.717) is 18.9 Å². The molecule has 1 heterocycles. The Morgan fingerprint density at radius 2 is 1.95 bits per heavy atom. The zero-order chi connectivity index (χ0) is 15.7. The van der Waals surface area contributed by atoms with Crippen LogP contribution in [0.1, 0.15) is 53.4 Å². The molecule has 1 saturated heterocycles. The predicted octanol–water partition coefficient (Wildman–Crippen LogP) is 2.43. The minimum absolute atomic E-state index is 0.0159. The molecule has 1 aliphatic heterocycles. The highest BCUT2D eigenvalue weighted by Gasteiger charge is 2.58. The van der Waals surface area contributed by atoms with Crippen molar-refractivity contribution < 1.29 is 9.59 Å². The maximum atomic E-state index is 13.0. The van der Waals surface area contributed by atoms with Gasteiger partial charge in [0.1, 0.15) is 11.1 Å². The van der Waals surface area contributed by atoms with Crippen molar-refractivity contribution in [1.82, 2.24) is 10.2 Å². The first-order valence-electron chi connectivity index (χ1n) is 8.12. The van der Waals surface area contributed by atoms with Crippen molar-refractivity contribution >= 4 is 23.6 Å². The second kappa shape index (κ2) is 6.19. The Hall–Kier alpha value is -0.710. The fourth-order valence-electron chi connectivity index (χ4n) is 3.16. The van der Waals surface area contributed by atoms with Crippen molar-refractivity contribution in [1.29, 1.82) is 0 Å². The maximum absolute atomic E-state index is 13.0. The molecule has 2 rings (SSSR count). The first-order chi connectivity index (χ1) is 9.90. The molecule has 2 fully saturated rings. The standard InChI is InChI=1S/C16H28N2O2S/c1-5-15(3)13(19)17-16(4,12-8-9-12)14(20)18(15)10-7-11-21-6-2/h12H,5-11H2,1-4H3,(H,17,19). The molecule has 120 valence electrons. The molecule has 0 aromatic heterocycles. The number of nitrogens with zero attached hydrogens (tertiary/aromatic N) is 1. The third-order valence-electron chi connectivity index (χ3n) is 5.10. The van der Waals surface area contributed by atoms with Crippen LogP contribution in [0.15, 0.2) is 0 Å². The molecule has 1 N–H and O–H groups in total. The minimum Gasteiger partial charge on any atom is -0.340 e. The summed E-state index contributed by atoms with van der Waals surface area (Å²) >= 11 is 1.89. The van der Waals surface area contributed by atoms with Crippen LogP contribution in [-0.4, -0.2) is 45.8 Å². The van der Waals surface area contributed by atoms with Gasteiger partial charge < -0.3 is 10.2 Å². The van der Waals surface area contributed by atoms with Crippen LogP contribution < -0.4 is 5.32 Å². The van der Waals surface area contributed by atoms with Crippen LogP contribution in [0, 0.1) is 5.92 Å². The monoisotopic (exact) mass is 312 g/mol. The molecule has 5 heteroatoms. The van der Waals surface area contributed by atoms with Gasteiger partial charge in [0, 0.05) is 6.54 Å². The van der Waals surface area contributed by atoms with Gasteiger partial charge in [0.25, 0.3) is 0 Å². The number of rotatable bonds is 7. The van der Waals surface area contributed by atoms with E-state index < -0.39 is 11.1 Å². The second-order valence-corrected chi connectivity index (χ2v) is 7.96. The van der Waals surface area contributed by atoms with Crippen molar-refractivity contribution in [3.63, 3.8) is 0 Å². The van der Waals surface area contributed by atoms with Crippen LogP contribution in [0.2, 0.25) is 0 Å². The van der Waals surface area contributed by atoms with Crippen LogP contribution in [0.3, 0.4) is 0 Å². The molecule has 2 unspecified atom stereocenters. The van der Waals surface area contributed by atoms with Gasteiger partial charge in [0.15, 0.2) is 0 Å². The molecule has 21 heavy (non-hydrogen) atoms. The number of piperazine rings is 1. The van der Waals surface area contributed by atoms with Gasteiger partial charge in [-0.25, -0.2) is 0 Å². The van der Waals surface area contributed by atoms with Gasteiger partial charge in [0.2, 0.25) is 11.8 Å². The second-order valence-electron chi connectivity index (χ2n) is 6.57. The van der Waals surface area contributed by atoms with E-state index in [-0.39, 0.29) is 11.8 Å². The average molecular weight is 312 g/mol. The van der Waals surface area contributed by atoms with Crippen LogP contribution in [-0.2, 0) is 9.59 Å². The lowest BCUT2D eigenvalue weighted by Crippen LogP contribution is -2.74. The average Bonchev–Trinajstić information content (AvgIpc) is 3.29. The summed E-state index contributed by atoms with van der Waals surface area (Å²) in [6, 6.07) is 0. The lowest BCUT2D eigenvalue weighted by molar-refractivity contribution is -0.162. The van der Waals surface area contributed by atoms with Crippen molar-refractivity contribution in [2.24, 2.45) is 5.92 Å². The van der Waals surface area contributed by atoms with Gasteiger partial charge in [-0.1, -0.05) is 13.8 Å². The van der Waals surface area contributed by atoms with Gasteiger partial charge in [0.05, 0.1) is 0 Å². The fraction of sp³-hybridized carbons (Fsp3) is 0.875. The van der Waals surface area contributed by atoms with Crippen molar-refractivity contribution in [2.45, 2.75) is 64.5 Å². The Morgan fingerprint density at radius 1 is 1.29 bits per heavy atom. The molecule has 2 amide bonds. The van der Waals surface area contributed by atoms with Gasteiger partial charge in [-0.15, -0.1) is 0 Å². The van der Waals surface area contributed by atoms with Gasteiger partial charge in [-0.2, -0.15) is 11.8 Å². The molecule has 0 radical (unpaired) electrons. The Morgan fingerprint density at radius 3 is 2.48 bits per heavy atom. The normalized spacial score (nSPS) is 33.2. The van der Waals surface area contributed by atoms with Crippen molar-refractivity contribution in [3.8, 4) is 0 Å². The van der Waals surface area contributed by atoms with Crippen molar-refractivity contribution in [2.75, 3.05) is 18.1 Å². The van der Waals surface area contributed by atoms with E-state index in [1.54, 1.807) is 0 Å². The zero-order valence-corrected chi connectivity index (χ0v) is 14.5. The van der Waals surface area contributed by atoms with Gasteiger partial charge in [-0.05, 0) is 57.0 Å². The summed E-state index contributed by atoms with van der Waals surface area (Å²) in [5.41, 5.74) is -1.37. The molecule has 1 saturated carbocycles. The van der Waals surface area contributed by atoms with Crippen LogP contribution in [0.5, 0.6) is 0 Å². The van der Waals surface area contributed by atoms with Crippen LogP contribution in [0.4, 0.5) is 0 Å². The SMILES string of the molecule is CCSCCCN1C(=O)C(C)(C2CC2)NC(=O)C1(C)CC. The summed E-state index contributed by atoms with van der Waals surface area (Å²) in [7, 11) is 0. The lowest BCUT2D eigenvalue weighted by Gasteiger charge is -2.50. The highest BCUT2D eigenvalue weighted by atomic mass is 32.2. The molecular weight excluding hydrogens is 284 g/mol. The number of amides is 2. The van der Waals surface area contributed by atoms with Gasteiger partial charge >= 0.3 is 0 Å². The number of hydrogen-bond donors (Lipinski definition) is 1. The van der Waals surface area contributed by atoms with Crippen molar-refractivity contribution in [3.05, 3.63) is 0 Å². The first-order valence-corrected chi connectivity index (χ1v) is 9.28. The molecule has 2 aliphatic rings. The third kappa shape index (κ3) is 2.94. The third-order valence-corrected chi connectivity index (χ3v) is 6.09. The number of carbonyl (C=O) groups is 2. The number of hydrogen-bond acceptors (Lipinski definition) is 3. The molecule has 0 spiro atoms. The highest BCUT2D eigenvalue weighted by molar-refractivity contribution is 7.99. The number of carbonyl (C=O) groups excluding carboxylic acids is 2. The predicted molar refractivity (Wildman–Crippen MR) is 87.3 cm³/mol. The quantitative estimate of drug-likeness (QED) is 0.735. The van der Waals surface area contributed by atoms with E-state index in [1.165, 1.54) is 0 Å². The molecule has 4 nitrogen and oxygen atoms in total. The molecular formula is C16H28N2O2S. The Kier molecular flexibility index (Phi) is 4.91. The van der Waals surface area contributed by atoms with E-state index in [4.69, 9.17) is 0 Å². The molecule has 0 aromatic carbocycles. The van der Waals surface area contributed by atoms with Crippen LogP contribution in [0.25, 0.3) is 0 Å². The topological polar surface area (TPSA) is 49.4 Å². The minimum atomic E-state index is -0.692. The zero-order valence-electron chi connectivity index (χ0n) is 13.7. The number of nitrogens with one attached hydrogen (secondary N) is 1. The fourth-order valence-corrected chi connectivity index (χ4v) is 3.78. The van der Waals surface area contributed by atoms with Gasteiger partial charge in [-0.3, -0.25) is 9.59 Å². The molecule has 1 aliphatic carbocycles. The summed E-state index contributed by atoms with van der Waals surface area (Å²) in [6.07, 6.45) is 3.70. The Bertz CT molecular complexity index is 425. The van der Waals surface area contributed by atoms with Crippen LogP contribution >= 0.6 is 11.8 Å². The van der Waals surface area contributed by atoms with E-state index in [9.17, 15) is 9.59 Å². The summed E-state index contributed by atoms with van der Waals surface area (Å²) in [4.78, 5) is 27.5. The highest BCUT2D eigenvalue weighted by Crippen LogP contribution is 2.44.